The predicted molar refractivity (Wildman–Crippen MR) is 105 cm³/mol. The Balaban J connectivity index is 0.00000126. The van der Waals surface area contributed by atoms with Crippen molar-refractivity contribution in [2.24, 2.45) is 0 Å². The van der Waals surface area contributed by atoms with E-state index in [1.165, 1.54) is 6.20 Å². The lowest BCUT2D eigenvalue weighted by Crippen LogP contribution is -2.38. The van der Waals surface area contributed by atoms with Gasteiger partial charge in [0.1, 0.15) is 12.3 Å². The van der Waals surface area contributed by atoms with Crippen LogP contribution < -0.4 is 4.74 Å². The van der Waals surface area contributed by atoms with Crippen LogP contribution in [0.15, 0.2) is 42.8 Å². The molecular formula is C20H27N5O2. The van der Waals surface area contributed by atoms with Gasteiger partial charge >= 0.3 is 0 Å². The normalized spacial score (nSPS) is 13.3. The Morgan fingerprint density at radius 2 is 2.07 bits per heavy atom. The van der Waals surface area contributed by atoms with Crippen LogP contribution in [0.3, 0.4) is 0 Å². The quantitative estimate of drug-likeness (QED) is 0.757. The molecule has 0 aromatic carbocycles. The van der Waals surface area contributed by atoms with Crippen molar-refractivity contribution < 1.29 is 9.53 Å². The van der Waals surface area contributed by atoms with E-state index in [0.29, 0.717) is 37.8 Å². The van der Waals surface area contributed by atoms with Crippen LogP contribution >= 0.6 is 0 Å². The van der Waals surface area contributed by atoms with Gasteiger partial charge in [-0.1, -0.05) is 32.6 Å². The maximum atomic E-state index is 12.6. The largest absolute Gasteiger partial charge is 0.472 e. The van der Waals surface area contributed by atoms with E-state index in [9.17, 15) is 4.79 Å². The molecule has 1 aliphatic rings. The van der Waals surface area contributed by atoms with Gasteiger partial charge in [-0.3, -0.25) is 14.5 Å². The molecule has 2 aromatic heterocycles. The number of allylic oxidation sites excluding steroid dienone is 1. The van der Waals surface area contributed by atoms with Crippen LogP contribution in [-0.4, -0.2) is 43.7 Å². The van der Waals surface area contributed by atoms with Crippen molar-refractivity contribution in [3.63, 3.8) is 0 Å². The number of rotatable bonds is 5. The summed E-state index contributed by atoms with van der Waals surface area (Å²) in [6.45, 7) is 13.6. The van der Waals surface area contributed by atoms with Crippen molar-refractivity contribution in [3.05, 3.63) is 59.8 Å². The Hall–Kier alpha value is -2.96. The number of carbonyl (C=O) groups excluding carboxylic acids is 1. The molecular weight excluding hydrogens is 342 g/mol. The van der Waals surface area contributed by atoms with E-state index in [2.05, 4.69) is 21.6 Å². The molecule has 2 aromatic rings. The third-order valence-corrected chi connectivity index (χ3v) is 4.08. The van der Waals surface area contributed by atoms with Crippen molar-refractivity contribution in [3.8, 4) is 5.88 Å². The minimum atomic E-state index is -0.120. The summed E-state index contributed by atoms with van der Waals surface area (Å²) in [6.07, 6.45) is 6.84. The molecule has 3 rings (SSSR count). The second-order valence-corrected chi connectivity index (χ2v) is 5.82. The minimum Gasteiger partial charge on any atom is -0.472 e. The van der Waals surface area contributed by atoms with E-state index in [4.69, 9.17) is 4.74 Å². The van der Waals surface area contributed by atoms with Gasteiger partial charge in [0.2, 0.25) is 5.88 Å². The first-order valence-corrected chi connectivity index (χ1v) is 9.15. The molecule has 7 heteroatoms. The first-order valence-electron chi connectivity index (χ1n) is 9.15. The molecule has 0 spiro atoms. The average Bonchev–Trinajstić information content (AvgIpc) is 3.12. The molecule has 0 radical (unpaired) electrons. The summed E-state index contributed by atoms with van der Waals surface area (Å²) in [6, 6.07) is 1.87. The van der Waals surface area contributed by atoms with Crippen LogP contribution in [-0.2, 0) is 13.1 Å². The zero-order chi connectivity index (χ0) is 19.8. The summed E-state index contributed by atoms with van der Waals surface area (Å²) in [5.41, 5.74) is 3.09. The van der Waals surface area contributed by atoms with Gasteiger partial charge in [-0.05, 0) is 19.4 Å². The third kappa shape index (κ3) is 5.03. The highest BCUT2D eigenvalue weighted by molar-refractivity contribution is 5.92. The summed E-state index contributed by atoms with van der Waals surface area (Å²) < 4.78 is 7.58. The van der Waals surface area contributed by atoms with Crippen molar-refractivity contribution in [1.29, 1.82) is 0 Å². The lowest BCUT2D eigenvalue weighted by atomic mass is 10.2. The van der Waals surface area contributed by atoms with E-state index in [0.717, 1.165) is 17.0 Å². The first kappa shape index (κ1) is 20.4. The molecule has 0 saturated heterocycles. The third-order valence-electron chi connectivity index (χ3n) is 4.08. The monoisotopic (exact) mass is 369 g/mol. The number of hydrogen-bond acceptors (Lipinski definition) is 5. The number of aromatic nitrogens is 4. The number of ether oxygens (including phenoxy) is 1. The van der Waals surface area contributed by atoms with Gasteiger partial charge in [-0.15, -0.1) is 5.10 Å². The molecule has 0 saturated carbocycles. The maximum Gasteiger partial charge on any atom is 0.274 e. The fourth-order valence-electron chi connectivity index (χ4n) is 2.57. The molecule has 1 aliphatic heterocycles. The summed E-state index contributed by atoms with van der Waals surface area (Å²) >= 11 is 0. The topological polar surface area (TPSA) is 73.1 Å². The van der Waals surface area contributed by atoms with E-state index < -0.39 is 0 Å². The minimum absolute atomic E-state index is 0.120. The van der Waals surface area contributed by atoms with E-state index >= 15 is 0 Å². The van der Waals surface area contributed by atoms with Gasteiger partial charge in [-0.2, -0.15) is 0 Å². The van der Waals surface area contributed by atoms with Crippen molar-refractivity contribution in [2.45, 2.75) is 40.8 Å². The molecule has 0 fully saturated rings. The molecule has 0 unspecified atom stereocenters. The van der Waals surface area contributed by atoms with Crippen LogP contribution in [0, 0.1) is 6.92 Å². The van der Waals surface area contributed by atoms with Crippen LogP contribution in [0.25, 0.3) is 0 Å². The lowest BCUT2D eigenvalue weighted by Gasteiger charge is -2.27. The van der Waals surface area contributed by atoms with Crippen molar-refractivity contribution in [1.82, 2.24) is 24.6 Å². The average molecular weight is 369 g/mol. The van der Waals surface area contributed by atoms with Gasteiger partial charge in [0.15, 0.2) is 0 Å². The number of hydrogen-bond donors (Lipinski definition) is 0. The molecule has 0 N–H and O–H groups in total. The van der Waals surface area contributed by atoms with Crippen molar-refractivity contribution in [2.75, 3.05) is 13.2 Å². The van der Waals surface area contributed by atoms with Gasteiger partial charge in [-0.25, -0.2) is 4.98 Å². The fraction of sp³-hybridized carbons (Fsp3) is 0.400. The summed E-state index contributed by atoms with van der Waals surface area (Å²) in [7, 11) is 0. The highest BCUT2D eigenvalue weighted by Gasteiger charge is 2.24. The zero-order valence-corrected chi connectivity index (χ0v) is 16.5. The molecule has 144 valence electrons. The standard InChI is InChI=1S/C18H21N5O2.C2H6/c1-4-14(5-2)12-25-17-8-15-11-22(6-7-23(15)21-17)18(24)16-10-19-13(3)9-20-16;1-2/h4-5,8-10H,1,6-7,11-12H2,2-3H3;1-2H3/b14-5+;. The Bertz CT molecular complexity index is 808. The van der Waals surface area contributed by atoms with E-state index in [-0.39, 0.29) is 5.91 Å². The van der Waals surface area contributed by atoms with Crippen LogP contribution in [0.1, 0.15) is 42.6 Å². The Kier molecular flexibility index (Phi) is 7.28. The predicted octanol–water partition coefficient (Wildman–Crippen LogP) is 3.17. The second kappa shape index (κ2) is 9.66. The summed E-state index contributed by atoms with van der Waals surface area (Å²) in [4.78, 5) is 22.6. The van der Waals surface area contributed by atoms with Crippen LogP contribution in [0.2, 0.25) is 0 Å². The number of fused-ring (bicyclic) bond motifs is 1. The Labute approximate surface area is 160 Å². The highest BCUT2D eigenvalue weighted by Crippen LogP contribution is 2.19. The SMILES string of the molecule is C=C/C(=C\C)COc1cc2n(n1)CCN(C(=O)c1cnc(C)cn1)C2.CC. The van der Waals surface area contributed by atoms with Gasteiger partial charge in [0.05, 0.1) is 30.7 Å². The molecule has 0 atom stereocenters. The summed E-state index contributed by atoms with van der Waals surface area (Å²) in [5.74, 6) is 0.436. The molecule has 27 heavy (non-hydrogen) atoms. The number of carbonyl (C=O) groups is 1. The Morgan fingerprint density at radius 3 is 2.70 bits per heavy atom. The van der Waals surface area contributed by atoms with Crippen LogP contribution in [0.4, 0.5) is 0 Å². The highest BCUT2D eigenvalue weighted by atomic mass is 16.5. The van der Waals surface area contributed by atoms with Gasteiger partial charge < -0.3 is 9.64 Å². The van der Waals surface area contributed by atoms with Gasteiger partial charge in [0.25, 0.3) is 5.91 Å². The molecule has 1 amide bonds. The smallest absolute Gasteiger partial charge is 0.274 e. The number of aryl methyl sites for hydroxylation is 1. The lowest BCUT2D eigenvalue weighted by molar-refractivity contribution is 0.0699. The zero-order valence-electron chi connectivity index (χ0n) is 16.5. The second-order valence-electron chi connectivity index (χ2n) is 5.82. The summed E-state index contributed by atoms with van der Waals surface area (Å²) in [5, 5.41) is 4.44. The molecule has 0 bridgehead atoms. The first-order chi connectivity index (χ1) is 13.1. The van der Waals surface area contributed by atoms with E-state index in [1.54, 1.807) is 17.2 Å². The number of amides is 1. The van der Waals surface area contributed by atoms with Gasteiger partial charge in [0, 0.05) is 18.8 Å². The Morgan fingerprint density at radius 1 is 1.30 bits per heavy atom. The van der Waals surface area contributed by atoms with Crippen molar-refractivity contribution >= 4 is 5.91 Å². The fourth-order valence-corrected chi connectivity index (χ4v) is 2.57. The maximum absolute atomic E-state index is 12.6. The van der Waals surface area contributed by atoms with E-state index in [1.807, 2.05) is 44.5 Å². The molecule has 3 heterocycles. The molecule has 7 nitrogen and oxygen atoms in total. The number of nitrogens with zero attached hydrogens (tertiary/aromatic N) is 5. The molecule has 0 aliphatic carbocycles. The van der Waals surface area contributed by atoms with Crippen LogP contribution in [0.5, 0.6) is 5.88 Å².